The van der Waals surface area contributed by atoms with E-state index in [1.54, 1.807) is 12.3 Å². The first-order valence-electron chi connectivity index (χ1n) is 6.49. The third-order valence-corrected chi connectivity index (χ3v) is 3.35. The molecule has 3 N–H and O–H groups in total. The highest BCUT2D eigenvalue weighted by Crippen LogP contribution is 2.19. The number of nitrogens with one attached hydrogen (secondary N) is 1. The normalized spacial score (nSPS) is 12.2. The number of benzene rings is 1. The monoisotopic (exact) mass is 293 g/mol. The predicted octanol–water partition coefficient (Wildman–Crippen LogP) is 2.50. The van der Waals surface area contributed by atoms with Crippen molar-refractivity contribution in [2.75, 3.05) is 11.9 Å². The fourth-order valence-electron chi connectivity index (χ4n) is 1.92. The van der Waals surface area contributed by atoms with Gasteiger partial charge in [0, 0.05) is 10.7 Å². The van der Waals surface area contributed by atoms with Gasteiger partial charge in [0.25, 0.3) is 5.91 Å². The number of furan rings is 1. The molecular weight excluding hydrogens is 276 g/mol. The Balaban J connectivity index is 1.86. The molecule has 106 valence electrons. The lowest BCUT2D eigenvalue weighted by Crippen LogP contribution is -2.86. The molecule has 0 saturated carbocycles. The van der Waals surface area contributed by atoms with Crippen LogP contribution in [0.25, 0.3) is 0 Å². The van der Waals surface area contributed by atoms with Crippen LogP contribution in [-0.4, -0.2) is 12.5 Å². The number of amides is 1. The van der Waals surface area contributed by atoms with Crippen LogP contribution in [0, 0.1) is 6.92 Å². The van der Waals surface area contributed by atoms with E-state index < -0.39 is 0 Å². The first-order chi connectivity index (χ1) is 9.56. The molecule has 0 aliphatic heterocycles. The lowest BCUT2D eigenvalue weighted by atomic mass is 10.2. The molecule has 5 heteroatoms. The van der Waals surface area contributed by atoms with Crippen molar-refractivity contribution in [1.82, 2.24) is 0 Å². The summed E-state index contributed by atoms with van der Waals surface area (Å²) in [6.45, 7) is 4.25. The molecule has 1 atom stereocenters. The highest BCUT2D eigenvalue weighted by Gasteiger charge is 2.14. The Bertz CT molecular complexity index is 582. The van der Waals surface area contributed by atoms with E-state index in [1.165, 1.54) is 0 Å². The minimum atomic E-state index is -0.0474. The summed E-state index contributed by atoms with van der Waals surface area (Å²) in [6.07, 6.45) is 1.64. The SMILES string of the molecule is Cc1cc(Cl)ccc1NC(=O)C[NH2+][C@@H](C)c1ccco1. The Kier molecular flexibility index (Phi) is 4.82. The number of carbonyl (C=O) groups is 1. The van der Waals surface area contributed by atoms with Crippen LogP contribution in [0.3, 0.4) is 0 Å². The van der Waals surface area contributed by atoms with Gasteiger partial charge in [-0.25, -0.2) is 0 Å². The van der Waals surface area contributed by atoms with E-state index in [9.17, 15) is 4.79 Å². The molecule has 0 bridgehead atoms. The largest absolute Gasteiger partial charge is 0.463 e. The Hall–Kier alpha value is -1.78. The van der Waals surface area contributed by atoms with Crippen LogP contribution < -0.4 is 10.6 Å². The van der Waals surface area contributed by atoms with Crippen molar-refractivity contribution in [2.45, 2.75) is 19.9 Å². The highest BCUT2D eigenvalue weighted by molar-refractivity contribution is 6.30. The number of aryl methyl sites for hydroxylation is 1. The molecule has 1 aromatic heterocycles. The van der Waals surface area contributed by atoms with E-state index in [4.69, 9.17) is 16.0 Å². The number of carbonyl (C=O) groups excluding carboxylic acids is 1. The molecule has 2 rings (SSSR count). The van der Waals surface area contributed by atoms with Gasteiger partial charge in [-0.05, 0) is 49.7 Å². The zero-order chi connectivity index (χ0) is 14.5. The molecule has 0 unspecified atom stereocenters. The molecule has 0 saturated heterocycles. The molecule has 0 spiro atoms. The van der Waals surface area contributed by atoms with E-state index in [2.05, 4.69) is 5.32 Å². The lowest BCUT2D eigenvalue weighted by Gasteiger charge is -2.10. The fraction of sp³-hybridized carbons (Fsp3) is 0.267. The fourth-order valence-corrected chi connectivity index (χ4v) is 2.15. The van der Waals surface area contributed by atoms with Crippen molar-refractivity contribution in [3.8, 4) is 0 Å². The summed E-state index contributed by atoms with van der Waals surface area (Å²) in [5, 5.41) is 5.47. The quantitative estimate of drug-likeness (QED) is 0.890. The van der Waals surface area contributed by atoms with Crippen LogP contribution in [0.5, 0.6) is 0 Å². The van der Waals surface area contributed by atoms with Crippen molar-refractivity contribution in [2.24, 2.45) is 0 Å². The van der Waals surface area contributed by atoms with Crippen molar-refractivity contribution >= 4 is 23.2 Å². The smallest absolute Gasteiger partial charge is 0.279 e. The second kappa shape index (κ2) is 6.59. The maximum absolute atomic E-state index is 11.9. The Labute approximate surface area is 123 Å². The van der Waals surface area contributed by atoms with Gasteiger partial charge in [0.1, 0.15) is 6.04 Å². The van der Waals surface area contributed by atoms with Gasteiger partial charge in [-0.15, -0.1) is 0 Å². The zero-order valence-corrected chi connectivity index (χ0v) is 12.3. The van der Waals surface area contributed by atoms with Gasteiger partial charge >= 0.3 is 0 Å². The molecular formula is C15H18ClN2O2+. The summed E-state index contributed by atoms with van der Waals surface area (Å²) >= 11 is 5.88. The Morgan fingerprint density at radius 1 is 1.45 bits per heavy atom. The molecule has 0 fully saturated rings. The van der Waals surface area contributed by atoms with Gasteiger partial charge in [-0.1, -0.05) is 11.6 Å². The summed E-state index contributed by atoms with van der Waals surface area (Å²) in [7, 11) is 0. The lowest BCUT2D eigenvalue weighted by molar-refractivity contribution is -0.684. The van der Waals surface area contributed by atoms with Gasteiger partial charge in [0.2, 0.25) is 0 Å². The van der Waals surface area contributed by atoms with Crippen molar-refractivity contribution < 1.29 is 14.5 Å². The highest BCUT2D eigenvalue weighted by atomic mass is 35.5. The molecule has 0 radical (unpaired) electrons. The summed E-state index contributed by atoms with van der Waals surface area (Å²) in [6, 6.07) is 9.26. The van der Waals surface area contributed by atoms with Crippen LogP contribution in [0.2, 0.25) is 5.02 Å². The third kappa shape index (κ3) is 3.85. The van der Waals surface area contributed by atoms with Gasteiger partial charge < -0.3 is 15.1 Å². The van der Waals surface area contributed by atoms with Crippen molar-refractivity contribution in [1.29, 1.82) is 0 Å². The number of quaternary nitrogens is 1. The molecule has 1 amide bonds. The van der Waals surface area contributed by atoms with E-state index in [0.29, 0.717) is 11.6 Å². The first kappa shape index (κ1) is 14.6. The van der Waals surface area contributed by atoms with E-state index in [-0.39, 0.29) is 11.9 Å². The van der Waals surface area contributed by atoms with E-state index in [1.807, 2.05) is 43.4 Å². The molecule has 2 aromatic rings. The zero-order valence-electron chi connectivity index (χ0n) is 11.5. The molecule has 0 aliphatic carbocycles. The second-order valence-corrected chi connectivity index (χ2v) is 5.19. The topological polar surface area (TPSA) is 58.9 Å². The molecule has 4 nitrogen and oxygen atoms in total. The van der Waals surface area contributed by atoms with Crippen LogP contribution >= 0.6 is 11.6 Å². The maximum atomic E-state index is 11.9. The predicted molar refractivity (Wildman–Crippen MR) is 78.7 cm³/mol. The number of anilines is 1. The molecule has 1 heterocycles. The average molecular weight is 294 g/mol. The Morgan fingerprint density at radius 2 is 2.25 bits per heavy atom. The van der Waals surface area contributed by atoms with Crippen LogP contribution in [0.15, 0.2) is 41.0 Å². The first-order valence-corrected chi connectivity index (χ1v) is 6.87. The number of halogens is 1. The summed E-state index contributed by atoms with van der Waals surface area (Å²) in [5.41, 5.74) is 1.74. The molecule has 0 aliphatic rings. The number of hydrogen-bond acceptors (Lipinski definition) is 2. The number of nitrogens with two attached hydrogens (primary N) is 1. The van der Waals surface area contributed by atoms with Crippen LogP contribution in [0.1, 0.15) is 24.3 Å². The summed E-state index contributed by atoms with van der Waals surface area (Å²) in [4.78, 5) is 11.9. The average Bonchev–Trinajstić information content (AvgIpc) is 2.93. The van der Waals surface area contributed by atoms with E-state index in [0.717, 1.165) is 17.0 Å². The van der Waals surface area contributed by atoms with Gasteiger partial charge in [0.05, 0.1) is 6.26 Å². The summed E-state index contributed by atoms with van der Waals surface area (Å²) in [5.74, 6) is 0.814. The standard InChI is InChI=1S/C15H17ClN2O2/c1-10-8-12(16)5-6-13(10)18-15(19)9-17-11(2)14-4-3-7-20-14/h3-8,11,17H,9H2,1-2H3,(H,18,19)/p+1/t11-/m0/s1. The second-order valence-electron chi connectivity index (χ2n) is 4.75. The minimum absolute atomic E-state index is 0.0474. The Morgan fingerprint density at radius 3 is 2.90 bits per heavy atom. The third-order valence-electron chi connectivity index (χ3n) is 3.11. The van der Waals surface area contributed by atoms with Crippen molar-refractivity contribution in [3.63, 3.8) is 0 Å². The van der Waals surface area contributed by atoms with Gasteiger partial charge in [-0.2, -0.15) is 0 Å². The van der Waals surface area contributed by atoms with Crippen LogP contribution in [0.4, 0.5) is 5.69 Å². The van der Waals surface area contributed by atoms with Crippen LogP contribution in [-0.2, 0) is 4.79 Å². The minimum Gasteiger partial charge on any atom is -0.463 e. The molecule has 1 aromatic carbocycles. The maximum Gasteiger partial charge on any atom is 0.279 e. The number of hydrogen-bond donors (Lipinski definition) is 2. The van der Waals surface area contributed by atoms with Crippen molar-refractivity contribution in [3.05, 3.63) is 52.9 Å². The number of rotatable bonds is 5. The molecule has 20 heavy (non-hydrogen) atoms. The summed E-state index contributed by atoms with van der Waals surface area (Å²) < 4.78 is 5.30. The van der Waals surface area contributed by atoms with Gasteiger partial charge in [-0.3, -0.25) is 4.79 Å². The van der Waals surface area contributed by atoms with E-state index >= 15 is 0 Å². The van der Waals surface area contributed by atoms with Gasteiger partial charge in [0.15, 0.2) is 12.3 Å².